The van der Waals surface area contributed by atoms with Gasteiger partial charge in [-0.05, 0) is 31.2 Å². The fourth-order valence-electron chi connectivity index (χ4n) is 3.37. The van der Waals surface area contributed by atoms with Crippen LogP contribution in [0.1, 0.15) is 19.9 Å². The highest BCUT2D eigenvalue weighted by Crippen LogP contribution is 2.34. The standard InChI is InChI=1S/C18H24N2O6S/c1-10-6-15(11(2)18(26-10)17(23)16(22)9-21)20-8-12-4-5-13(27(3,24)25)7-14(12)19-20/h4-8,11,15-18,21-23H,9H2,1-3H3/t11-,15+,16?,17?,18-/m1/s1. The normalized spacial score (nSPS) is 25.7. The molecule has 1 aromatic heterocycles. The summed E-state index contributed by atoms with van der Waals surface area (Å²) in [6.07, 6.45) is 1.54. The van der Waals surface area contributed by atoms with Gasteiger partial charge in [-0.2, -0.15) is 5.10 Å². The number of rotatable bonds is 5. The Balaban J connectivity index is 1.98. The summed E-state index contributed by atoms with van der Waals surface area (Å²) in [5.74, 6) is 0.317. The number of aromatic nitrogens is 2. The van der Waals surface area contributed by atoms with Crippen molar-refractivity contribution < 1.29 is 28.5 Å². The van der Waals surface area contributed by atoms with E-state index in [2.05, 4.69) is 5.10 Å². The lowest BCUT2D eigenvalue weighted by atomic mass is 9.87. The zero-order chi connectivity index (χ0) is 19.9. The Morgan fingerprint density at radius 3 is 2.67 bits per heavy atom. The first kappa shape index (κ1) is 19.8. The Morgan fingerprint density at radius 1 is 1.33 bits per heavy atom. The van der Waals surface area contributed by atoms with Gasteiger partial charge in [-0.3, -0.25) is 4.68 Å². The number of fused-ring (bicyclic) bond motifs is 1. The zero-order valence-corrected chi connectivity index (χ0v) is 16.2. The predicted octanol–water partition coefficient (Wildman–Crippen LogP) is 0.634. The van der Waals surface area contributed by atoms with Gasteiger partial charge < -0.3 is 20.1 Å². The summed E-state index contributed by atoms with van der Waals surface area (Å²) >= 11 is 0. The third-order valence-electron chi connectivity index (χ3n) is 4.93. The second kappa shape index (κ2) is 7.23. The van der Waals surface area contributed by atoms with Crippen LogP contribution in [0.5, 0.6) is 0 Å². The van der Waals surface area contributed by atoms with E-state index in [1.165, 1.54) is 6.07 Å². The Kier molecular flexibility index (Phi) is 5.31. The number of sulfone groups is 1. The number of aliphatic hydroxyl groups excluding tert-OH is 3. The van der Waals surface area contributed by atoms with Crippen molar-refractivity contribution in [1.82, 2.24) is 9.78 Å². The summed E-state index contributed by atoms with van der Waals surface area (Å²) < 4.78 is 30.9. The van der Waals surface area contributed by atoms with Crippen molar-refractivity contribution in [2.75, 3.05) is 12.9 Å². The van der Waals surface area contributed by atoms with E-state index in [0.717, 1.165) is 11.6 Å². The molecule has 2 heterocycles. The fraction of sp³-hybridized carbons (Fsp3) is 0.500. The molecule has 1 aliphatic heterocycles. The summed E-state index contributed by atoms with van der Waals surface area (Å²) in [5, 5.41) is 34.5. The zero-order valence-electron chi connectivity index (χ0n) is 15.3. The van der Waals surface area contributed by atoms with Crippen molar-refractivity contribution in [3.8, 4) is 0 Å². The van der Waals surface area contributed by atoms with Gasteiger partial charge in [-0.15, -0.1) is 0 Å². The van der Waals surface area contributed by atoms with Crippen LogP contribution in [-0.4, -0.2) is 64.7 Å². The van der Waals surface area contributed by atoms with E-state index in [0.29, 0.717) is 11.3 Å². The van der Waals surface area contributed by atoms with Crippen molar-refractivity contribution in [3.05, 3.63) is 36.2 Å². The second-order valence-electron chi connectivity index (χ2n) is 7.05. The van der Waals surface area contributed by atoms with Gasteiger partial charge in [0.15, 0.2) is 9.84 Å². The number of aliphatic hydroxyl groups is 3. The number of allylic oxidation sites excluding steroid dienone is 2. The van der Waals surface area contributed by atoms with E-state index >= 15 is 0 Å². The minimum atomic E-state index is -3.33. The van der Waals surface area contributed by atoms with E-state index < -0.39 is 34.8 Å². The first-order chi connectivity index (χ1) is 12.6. The monoisotopic (exact) mass is 396 g/mol. The van der Waals surface area contributed by atoms with E-state index in [4.69, 9.17) is 9.84 Å². The summed E-state index contributed by atoms with van der Waals surface area (Å²) in [6.45, 7) is 3.04. The van der Waals surface area contributed by atoms with Crippen molar-refractivity contribution >= 4 is 20.7 Å². The fourth-order valence-corrected chi connectivity index (χ4v) is 4.01. The number of ether oxygens (including phenoxy) is 1. The largest absolute Gasteiger partial charge is 0.492 e. The molecule has 2 aromatic rings. The van der Waals surface area contributed by atoms with Crippen LogP contribution in [0, 0.1) is 5.92 Å². The molecule has 0 amide bonds. The molecule has 3 N–H and O–H groups in total. The SMILES string of the molecule is CC1=C[C@H](n2cc3ccc(S(C)(=O)=O)cc3n2)[C@@H](C)[C@H](C(O)C(O)CO)O1. The van der Waals surface area contributed by atoms with Crippen molar-refractivity contribution in [1.29, 1.82) is 0 Å². The Hall–Kier alpha value is -1.94. The van der Waals surface area contributed by atoms with E-state index in [1.807, 2.05) is 19.2 Å². The lowest BCUT2D eigenvalue weighted by Crippen LogP contribution is -2.47. The molecule has 0 bridgehead atoms. The molecule has 148 valence electrons. The van der Waals surface area contributed by atoms with Gasteiger partial charge in [0.1, 0.15) is 18.3 Å². The number of hydrogen-bond donors (Lipinski definition) is 3. The first-order valence-electron chi connectivity index (χ1n) is 8.63. The Bertz CT molecular complexity index is 967. The van der Waals surface area contributed by atoms with E-state index in [1.54, 1.807) is 23.7 Å². The van der Waals surface area contributed by atoms with Crippen LogP contribution in [0.4, 0.5) is 0 Å². The van der Waals surface area contributed by atoms with Crippen molar-refractivity contribution in [2.45, 2.75) is 43.1 Å². The molecule has 0 saturated heterocycles. The predicted molar refractivity (Wildman–Crippen MR) is 98.8 cm³/mol. The molecule has 0 radical (unpaired) electrons. The molecular formula is C18H24N2O6S. The van der Waals surface area contributed by atoms with Crippen LogP contribution in [0.2, 0.25) is 0 Å². The summed E-state index contributed by atoms with van der Waals surface area (Å²) in [5.41, 5.74) is 0.551. The van der Waals surface area contributed by atoms with Crippen LogP contribution >= 0.6 is 0 Å². The van der Waals surface area contributed by atoms with Gasteiger partial charge in [0.05, 0.1) is 28.8 Å². The van der Waals surface area contributed by atoms with E-state index in [-0.39, 0.29) is 16.9 Å². The summed E-state index contributed by atoms with van der Waals surface area (Å²) in [4.78, 5) is 0.200. The van der Waals surface area contributed by atoms with Gasteiger partial charge in [-0.25, -0.2) is 8.42 Å². The van der Waals surface area contributed by atoms with Crippen LogP contribution < -0.4 is 0 Å². The minimum Gasteiger partial charge on any atom is -0.492 e. The summed E-state index contributed by atoms with van der Waals surface area (Å²) in [7, 11) is -3.33. The quantitative estimate of drug-likeness (QED) is 0.678. The maximum Gasteiger partial charge on any atom is 0.175 e. The maximum atomic E-state index is 11.8. The van der Waals surface area contributed by atoms with Crippen LogP contribution in [-0.2, 0) is 14.6 Å². The molecular weight excluding hydrogens is 372 g/mol. The van der Waals surface area contributed by atoms with Gasteiger partial charge in [-0.1, -0.05) is 6.92 Å². The lowest BCUT2D eigenvalue weighted by molar-refractivity contribution is -0.113. The highest BCUT2D eigenvalue weighted by Gasteiger charge is 2.39. The maximum absolute atomic E-state index is 11.8. The molecule has 5 atom stereocenters. The third kappa shape index (κ3) is 3.86. The Morgan fingerprint density at radius 2 is 2.04 bits per heavy atom. The van der Waals surface area contributed by atoms with Crippen LogP contribution in [0.15, 0.2) is 41.1 Å². The average molecular weight is 396 g/mol. The molecule has 0 spiro atoms. The lowest BCUT2D eigenvalue weighted by Gasteiger charge is -2.38. The summed E-state index contributed by atoms with van der Waals surface area (Å²) in [6, 6.07) is 4.52. The van der Waals surface area contributed by atoms with Gasteiger partial charge >= 0.3 is 0 Å². The van der Waals surface area contributed by atoms with Crippen molar-refractivity contribution in [2.24, 2.45) is 5.92 Å². The third-order valence-corrected chi connectivity index (χ3v) is 6.04. The molecule has 2 unspecified atom stereocenters. The second-order valence-corrected chi connectivity index (χ2v) is 9.07. The van der Waals surface area contributed by atoms with Crippen LogP contribution in [0.25, 0.3) is 10.9 Å². The number of nitrogens with zero attached hydrogens (tertiary/aromatic N) is 2. The van der Waals surface area contributed by atoms with Gasteiger partial charge in [0.25, 0.3) is 0 Å². The molecule has 9 heteroatoms. The van der Waals surface area contributed by atoms with E-state index in [9.17, 15) is 18.6 Å². The topological polar surface area (TPSA) is 122 Å². The number of hydrogen-bond acceptors (Lipinski definition) is 7. The number of benzene rings is 1. The molecule has 1 aromatic carbocycles. The molecule has 8 nitrogen and oxygen atoms in total. The molecule has 27 heavy (non-hydrogen) atoms. The molecule has 0 saturated carbocycles. The van der Waals surface area contributed by atoms with Gasteiger partial charge in [0.2, 0.25) is 0 Å². The minimum absolute atomic E-state index is 0.200. The van der Waals surface area contributed by atoms with Crippen LogP contribution in [0.3, 0.4) is 0 Å². The Labute approximate surface area is 157 Å². The first-order valence-corrected chi connectivity index (χ1v) is 10.5. The molecule has 3 rings (SSSR count). The smallest absolute Gasteiger partial charge is 0.175 e. The average Bonchev–Trinajstić information content (AvgIpc) is 3.04. The highest BCUT2D eigenvalue weighted by atomic mass is 32.2. The van der Waals surface area contributed by atoms with Crippen molar-refractivity contribution in [3.63, 3.8) is 0 Å². The molecule has 0 aliphatic carbocycles. The highest BCUT2D eigenvalue weighted by molar-refractivity contribution is 7.90. The molecule has 1 aliphatic rings. The van der Waals surface area contributed by atoms with Gasteiger partial charge in [0, 0.05) is 23.8 Å². The molecule has 0 fully saturated rings.